The van der Waals surface area contributed by atoms with Gasteiger partial charge in [-0.1, -0.05) is 36.4 Å². The smallest absolute Gasteiger partial charge is 0.417 e. The van der Waals surface area contributed by atoms with E-state index in [1.165, 1.54) is 12.1 Å². The van der Waals surface area contributed by atoms with E-state index in [1.54, 1.807) is 54.6 Å². The van der Waals surface area contributed by atoms with E-state index < -0.39 is 32.7 Å². The van der Waals surface area contributed by atoms with E-state index in [9.17, 15) is 31.5 Å². The Balaban J connectivity index is 1.43. The molecule has 1 atom stereocenters. The van der Waals surface area contributed by atoms with Crippen LogP contribution in [0.15, 0.2) is 89.8 Å². The van der Waals surface area contributed by atoms with E-state index in [0.29, 0.717) is 48.6 Å². The topological polar surface area (TPSA) is 105 Å². The largest absolute Gasteiger partial charge is 0.504 e. The fourth-order valence-corrected chi connectivity index (χ4v) is 7.62. The van der Waals surface area contributed by atoms with Gasteiger partial charge in [0, 0.05) is 19.5 Å². The number of sulfonamides is 1. The molecule has 8 nitrogen and oxygen atoms in total. The van der Waals surface area contributed by atoms with Crippen molar-refractivity contribution in [2.75, 3.05) is 19.7 Å². The molecule has 46 heavy (non-hydrogen) atoms. The second-order valence-electron chi connectivity index (χ2n) is 11.1. The molecule has 0 aliphatic carbocycles. The number of alkyl halides is 3. The van der Waals surface area contributed by atoms with Crippen molar-refractivity contribution in [1.82, 2.24) is 9.62 Å². The van der Waals surface area contributed by atoms with Crippen molar-refractivity contribution in [1.29, 1.82) is 0 Å². The summed E-state index contributed by atoms with van der Waals surface area (Å²) in [6.07, 6.45) is -3.44. The predicted octanol–water partition coefficient (Wildman–Crippen LogP) is 6.37. The number of ether oxygens (including phenoxy) is 2. The number of phenols is 1. The normalized spacial score (nSPS) is 17.8. The van der Waals surface area contributed by atoms with E-state index in [2.05, 4.69) is 5.32 Å². The maximum Gasteiger partial charge on any atom is 0.417 e. The molecule has 4 aromatic rings. The maximum atomic E-state index is 14.1. The third-order valence-electron chi connectivity index (χ3n) is 8.08. The molecule has 4 aromatic carbocycles. The molecule has 0 aromatic heterocycles. The highest BCUT2D eigenvalue weighted by atomic mass is 32.2. The first-order valence-corrected chi connectivity index (χ1v) is 16.2. The lowest BCUT2D eigenvalue weighted by atomic mass is 9.89. The quantitative estimate of drug-likeness (QED) is 0.261. The Morgan fingerprint density at radius 3 is 2.43 bits per heavy atom. The molecule has 2 N–H and O–H groups in total. The third kappa shape index (κ3) is 6.54. The van der Waals surface area contributed by atoms with Crippen molar-refractivity contribution in [2.24, 2.45) is 0 Å². The summed E-state index contributed by atoms with van der Waals surface area (Å²) in [6, 6.07) is 20.0. The molecule has 0 spiro atoms. The Morgan fingerprint density at radius 2 is 1.65 bits per heavy atom. The molecule has 8 rings (SSSR count). The SMILES string of the molecule is O=C1CCc2ccc(O)c(c2)Oc2ccc3c(c2)CCN(S(=O)(=O)c2ccccc2C(F)(F)F)C3c2ccc(cc2)OCCCN1. The molecule has 0 radical (unpaired) electrons. The van der Waals surface area contributed by atoms with E-state index in [0.717, 1.165) is 33.6 Å². The van der Waals surface area contributed by atoms with E-state index in [4.69, 9.17) is 9.47 Å². The summed E-state index contributed by atoms with van der Waals surface area (Å²) in [6.45, 7) is 0.642. The second-order valence-corrected chi connectivity index (χ2v) is 13.0. The van der Waals surface area contributed by atoms with Crippen molar-refractivity contribution in [3.05, 3.63) is 113 Å². The van der Waals surface area contributed by atoms with Crippen LogP contribution in [0.25, 0.3) is 0 Å². The number of aromatic hydroxyl groups is 1. The van der Waals surface area contributed by atoms with Gasteiger partial charge in [-0.25, -0.2) is 8.42 Å². The minimum absolute atomic E-state index is 0.0876. The number of hydrogen-bond acceptors (Lipinski definition) is 6. The van der Waals surface area contributed by atoms with Gasteiger partial charge in [0.2, 0.25) is 15.9 Å². The van der Waals surface area contributed by atoms with Gasteiger partial charge in [-0.15, -0.1) is 0 Å². The average molecular weight is 653 g/mol. The van der Waals surface area contributed by atoms with Crippen molar-refractivity contribution in [2.45, 2.75) is 42.8 Å². The van der Waals surface area contributed by atoms with Gasteiger partial charge in [-0.2, -0.15) is 17.5 Å². The van der Waals surface area contributed by atoms with E-state index in [-0.39, 0.29) is 36.8 Å². The van der Waals surface area contributed by atoms with Crippen molar-refractivity contribution >= 4 is 15.9 Å². The molecule has 8 bridgehead atoms. The number of fused-ring (bicyclic) bond motifs is 1. The molecule has 0 saturated carbocycles. The number of halogens is 3. The molecular formula is C34H31F3N2O6S. The predicted molar refractivity (Wildman–Crippen MR) is 163 cm³/mol. The summed E-state index contributed by atoms with van der Waals surface area (Å²) in [4.78, 5) is 11.6. The van der Waals surface area contributed by atoms with Gasteiger partial charge in [-0.05, 0) is 90.0 Å². The standard InChI is InChI=1S/C34H31F3N2O6S/c35-34(36,37)28-4-1-2-5-31(28)46(42,43)39-18-16-24-21-26-12-13-27(24)33(39)23-8-10-25(11-9-23)44-19-3-17-38-32(41)15-7-22-6-14-29(40)30(20-22)45-26/h1-2,4-6,8-14,20-21,33,40H,3,7,15-19H2,(H,38,41). The third-order valence-corrected chi connectivity index (χ3v) is 10.0. The molecule has 4 aliphatic rings. The summed E-state index contributed by atoms with van der Waals surface area (Å²) >= 11 is 0. The van der Waals surface area contributed by atoms with Crippen LogP contribution in [0.2, 0.25) is 0 Å². The van der Waals surface area contributed by atoms with Gasteiger partial charge in [0.25, 0.3) is 0 Å². The number of phenolic OH excluding ortho intramolecular Hbond substituents is 1. The molecule has 12 heteroatoms. The molecule has 0 saturated heterocycles. The van der Waals surface area contributed by atoms with Crippen LogP contribution in [0.3, 0.4) is 0 Å². The zero-order valence-electron chi connectivity index (χ0n) is 24.6. The van der Waals surface area contributed by atoms with Crippen LogP contribution in [0.5, 0.6) is 23.0 Å². The number of amides is 1. The highest BCUT2D eigenvalue weighted by molar-refractivity contribution is 7.89. The minimum Gasteiger partial charge on any atom is -0.504 e. The summed E-state index contributed by atoms with van der Waals surface area (Å²) in [5, 5.41) is 13.4. The monoisotopic (exact) mass is 652 g/mol. The molecule has 0 fully saturated rings. The number of rotatable bonds is 2. The first kappa shape index (κ1) is 31.4. The number of carbonyl (C=O) groups is 1. The highest BCUT2D eigenvalue weighted by Gasteiger charge is 2.43. The number of nitrogens with one attached hydrogen (secondary N) is 1. The van der Waals surface area contributed by atoms with Gasteiger partial charge in [0.15, 0.2) is 11.5 Å². The van der Waals surface area contributed by atoms with Crippen molar-refractivity contribution in [3.8, 4) is 23.0 Å². The van der Waals surface area contributed by atoms with Crippen LogP contribution >= 0.6 is 0 Å². The lowest BCUT2D eigenvalue weighted by molar-refractivity contribution is -0.140. The van der Waals surface area contributed by atoms with Gasteiger partial charge in [0.1, 0.15) is 11.5 Å². The molecule has 1 amide bonds. The fourth-order valence-electron chi connectivity index (χ4n) is 5.81. The number of aryl methyl sites for hydroxylation is 1. The van der Waals surface area contributed by atoms with Crippen LogP contribution in [0, 0.1) is 0 Å². The summed E-state index contributed by atoms with van der Waals surface area (Å²) < 4.78 is 83.1. The summed E-state index contributed by atoms with van der Waals surface area (Å²) in [7, 11) is -4.63. The lowest BCUT2D eigenvalue weighted by Crippen LogP contribution is -2.41. The van der Waals surface area contributed by atoms with Crippen molar-refractivity contribution in [3.63, 3.8) is 0 Å². The molecule has 240 valence electrons. The van der Waals surface area contributed by atoms with Crippen LogP contribution in [0.1, 0.15) is 46.7 Å². The number of benzene rings is 4. The zero-order chi connectivity index (χ0) is 32.5. The summed E-state index contributed by atoms with van der Waals surface area (Å²) in [5.41, 5.74) is 1.44. The van der Waals surface area contributed by atoms with E-state index in [1.807, 2.05) is 0 Å². The number of hydrogen-bond donors (Lipinski definition) is 2. The van der Waals surface area contributed by atoms with Crippen LogP contribution < -0.4 is 14.8 Å². The summed E-state index contributed by atoms with van der Waals surface area (Å²) in [5.74, 6) is 0.889. The number of carbonyl (C=O) groups excluding carboxylic acids is 1. The van der Waals surface area contributed by atoms with Crippen molar-refractivity contribution < 1.29 is 41.0 Å². The van der Waals surface area contributed by atoms with Gasteiger partial charge in [0.05, 0.1) is 23.1 Å². The van der Waals surface area contributed by atoms with Crippen LogP contribution in [-0.4, -0.2) is 43.4 Å². The van der Waals surface area contributed by atoms with Gasteiger partial charge >= 0.3 is 6.18 Å². The Bertz CT molecular complexity index is 1860. The second kappa shape index (κ2) is 12.7. The molecule has 4 heterocycles. The molecule has 4 aliphatic heterocycles. The Morgan fingerprint density at radius 1 is 0.891 bits per heavy atom. The Kier molecular flexibility index (Phi) is 8.67. The molecular weight excluding hydrogens is 621 g/mol. The first-order chi connectivity index (χ1) is 22.0. The minimum atomic E-state index is -4.87. The maximum absolute atomic E-state index is 14.1. The molecule has 1 unspecified atom stereocenters. The Hall–Kier alpha value is -4.55. The zero-order valence-corrected chi connectivity index (χ0v) is 25.4. The lowest BCUT2D eigenvalue weighted by Gasteiger charge is -2.37. The van der Waals surface area contributed by atoms with Gasteiger partial charge < -0.3 is 19.9 Å². The average Bonchev–Trinajstić information content (AvgIpc) is 3.04. The Labute approximate surface area is 264 Å². The van der Waals surface area contributed by atoms with Crippen LogP contribution in [-0.2, 0) is 33.8 Å². The van der Waals surface area contributed by atoms with E-state index >= 15 is 0 Å². The number of nitrogens with zero attached hydrogens (tertiary/aromatic N) is 1. The first-order valence-electron chi connectivity index (χ1n) is 14.8. The van der Waals surface area contributed by atoms with Crippen LogP contribution in [0.4, 0.5) is 13.2 Å². The fraction of sp³-hybridized carbons (Fsp3) is 0.265. The van der Waals surface area contributed by atoms with Gasteiger partial charge in [-0.3, -0.25) is 4.79 Å². The highest BCUT2D eigenvalue weighted by Crippen LogP contribution is 2.43.